The van der Waals surface area contributed by atoms with Crippen molar-refractivity contribution >= 4 is 21.9 Å². The van der Waals surface area contributed by atoms with Gasteiger partial charge in [-0.25, -0.2) is 4.98 Å². The summed E-state index contributed by atoms with van der Waals surface area (Å²) in [5.74, 6) is 1.63. The molecule has 0 aliphatic heterocycles. The van der Waals surface area contributed by atoms with Gasteiger partial charge in [-0.15, -0.1) is 0 Å². The van der Waals surface area contributed by atoms with Crippen molar-refractivity contribution in [3.8, 4) is 17.2 Å². The number of hydrogen-bond donors (Lipinski definition) is 0. The normalized spacial score (nSPS) is 11.5. The Morgan fingerprint density at radius 1 is 0.706 bits per heavy atom. The molecule has 0 unspecified atom stereocenters. The average Bonchev–Trinajstić information content (AvgIpc) is 3.29. The SMILES string of the molecule is CCCCCCCCOc1ccc2cc(-c3nc4cc(CCCCCC)ccc4o3)ccc2c1. The maximum Gasteiger partial charge on any atom is 0.227 e. The van der Waals surface area contributed by atoms with Crippen molar-refractivity contribution in [2.24, 2.45) is 0 Å². The van der Waals surface area contributed by atoms with E-state index in [-0.39, 0.29) is 0 Å². The van der Waals surface area contributed by atoms with Crippen LogP contribution in [-0.2, 0) is 6.42 Å². The first-order valence-electron chi connectivity index (χ1n) is 13.3. The van der Waals surface area contributed by atoms with Gasteiger partial charge in [0, 0.05) is 5.56 Å². The van der Waals surface area contributed by atoms with Gasteiger partial charge in [0.1, 0.15) is 11.3 Å². The van der Waals surface area contributed by atoms with Crippen molar-refractivity contribution in [1.29, 1.82) is 0 Å². The third-order valence-corrected chi connectivity index (χ3v) is 6.60. The van der Waals surface area contributed by atoms with Crippen molar-refractivity contribution < 1.29 is 9.15 Å². The maximum absolute atomic E-state index is 6.09. The number of nitrogens with zero attached hydrogens (tertiary/aromatic N) is 1. The van der Waals surface area contributed by atoms with E-state index in [1.807, 2.05) is 0 Å². The largest absolute Gasteiger partial charge is 0.494 e. The van der Waals surface area contributed by atoms with E-state index in [0.29, 0.717) is 5.89 Å². The third-order valence-electron chi connectivity index (χ3n) is 6.60. The van der Waals surface area contributed by atoms with Gasteiger partial charge in [-0.1, -0.05) is 83.4 Å². The van der Waals surface area contributed by atoms with Crippen molar-refractivity contribution in [1.82, 2.24) is 4.98 Å². The molecule has 0 saturated carbocycles. The number of rotatable bonds is 14. The number of hydrogen-bond acceptors (Lipinski definition) is 3. The minimum atomic E-state index is 0.684. The van der Waals surface area contributed by atoms with Crippen molar-refractivity contribution in [3.05, 3.63) is 60.2 Å². The summed E-state index contributed by atoms with van der Waals surface area (Å²) in [5, 5.41) is 2.35. The van der Waals surface area contributed by atoms with E-state index < -0.39 is 0 Å². The van der Waals surface area contributed by atoms with Gasteiger partial charge in [0.15, 0.2) is 5.58 Å². The van der Waals surface area contributed by atoms with Crippen molar-refractivity contribution in [2.45, 2.75) is 84.5 Å². The van der Waals surface area contributed by atoms with Crippen molar-refractivity contribution in [3.63, 3.8) is 0 Å². The number of oxazole rings is 1. The molecule has 1 aromatic heterocycles. The molecule has 4 rings (SSSR count). The van der Waals surface area contributed by atoms with Gasteiger partial charge >= 0.3 is 0 Å². The van der Waals surface area contributed by atoms with E-state index in [9.17, 15) is 0 Å². The van der Waals surface area contributed by atoms with Crippen LogP contribution < -0.4 is 4.74 Å². The zero-order chi connectivity index (χ0) is 23.6. The summed E-state index contributed by atoms with van der Waals surface area (Å²) in [6.07, 6.45) is 13.9. The molecule has 0 fully saturated rings. The Bertz CT molecular complexity index is 1180. The van der Waals surface area contributed by atoms with Gasteiger partial charge in [0.25, 0.3) is 0 Å². The molecule has 0 aliphatic rings. The van der Waals surface area contributed by atoms with Crippen LogP contribution in [0.2, 0.25) is 0 Å². The minimum Gasteiger partial charge on any atom is -0.494 e. The van der Waals surface area contributed by atoms with E-state index in [0.717, 1.165) is 41.9 Å². The minimum absolute atomic E-state index is 0.684. The van der Waals surface area contributed by atoms with E-state index in [4.69, 9.17) is 14.1 Å². The second-order valence-corrected chi connectivity index (χ2v) is 9.47. The van der Waals surface area contributed by atoms with Crippen molar-refractivity contribution in [2.75, 3.05) is 6.61 Å². The Morgan fingerprint density at radius 2 is 1.44 bits per heavy atom. The van der Waals surface area contributed by atoms with Crippen LogP contribution >= 0.6 is 0 Å². The lowest BCUT2D eigenvalue weighted by atomic mass is 10.1. The first-order chi connectivity index (χ1) is 16.8. The molecule has 34 heavy (non-hydrogen) atoms. The lowest BCUT2D eigenvalue weighted by Crippen LogP contribution is -1.97. The molecule has 0 aliphatic carbocycles. The smallest absolute Gasteiger partial charge is 0.227 e. The Morgan fingerprint density at radius 3 is 2.29 bits per heavy atom. The molecule has 0 saturated heterocycles. The van der Waals surface area contributed by atoms with Crippen LogP contribution in [0, 0.1) is 0 Å². The Labute approximate surface area is 204 Å². The molecule has 0 amide bonds. The quantitative estimate of drug-likeness (QED) is 0.177. The van der Waals surface area contributed by atoms with Crippen LogP contribution in [0.5, 0.6) is 5.75 Å². The topological polar surface area (TPSA) is 35.3 Å². The van der Waals surface area contributed by atoms with E-state index in [1.54, 1.807) is 0 Å². The fourth-order valence-electron chi connectivity index (χ4n) is 4.53. The predicted octanol–water partition coefficient (Wildman–Crippen LogP) is 9.51. The molecular formula is C31H39NO2. The molecule has 3 heteroatoms. The van der Waals surface area contributed by atoms with Crippen LogP contribution in [0.15, 0.2) is 59.0 Å². The van der Waals surface area contributed by atoms with Crippen LogP contribution in [-0.4, -0.2) is 11.6 Å². The van der Waals surface area contributed by atoms with Crippen LogP contribution in [0.25, 0.3) is 33.3 Å². The number of benzene rings is 3. The summed E-state index contributed by atoms with van der Waals surface area (Å²) in [7, 11) is 0. The second kappa shape index (κ2) is 12.6. The molecule has 4 aromatic rings. The molecule has 0 spiro atoms. The molecule has 0 bridgehead atoms. The summed E-state index contributed by atoms with van der Waals surface area (Å²) in [5.41, 5.74) is 4.15. The summed E-state index contributed by atoms with van der Waals surface area (Å²) >= 11 is 0. The number of aryl methyl sites for hydroxylation is 1. The molecule has 0 radical (unpaired) electrons. The highest BCUT2D eigenvalue weighted by Gasteiger charge is 2.10. The zero-order valence-corrected chi connectivity index (χ0v) is 20.9. The van der Waals surface area contributed by atoms with Crippen LogP contribution in [0.3, 0.4) is 0 Å². The standard InChI is InChI=1S/C31H39NO2/c1-3-5-7-9-10-12-20-33-28-18-17-25-22-27(16-15-26(25)23-28)31-32-29-21-24(13-11-8-6-4-2)14-19-30(29)34-31/h14-19,21-23H,3-13,20H2,1-2H3. The maximum atomic E-state index is 6.09. The van der Waals surface area contributed by atoms with Gasteiger partial charge in [0.2, 0.25) is 5.89 Å². The first kappa shape index (κ1) is 24.3. The van der Waals surface area contributed by atoms with E-state index in [2.05, 4.69) is 68.4 Å². The Balaban J connectivity index is 1.38. The molecule has 180 valence electrons. The third kappa shape index (κ3) is 6.62. The number of ether oxygens (including phenoxy) is 1. The van der Waals surface area contributed by atoms with Crippen LogP contribution in [0.4, 0.5) is 0 Å². The highest BCUT2D eigenvalue weighted by atomic mass is 16.5. The molecule has 3 nitrogen and oxygen atoms in total. The highest BCUT2D eigenvalue weighted by molar-refractivity contribution is 5.88. The van der Waals surface area contributed by atoms with Gasteiger partial charge in [0.05, 0.1) is 6.61 Å². The Hall–Kier alpha value is -2.81. The van der Waals surface area contributed by atoms with Crippen LogP contribution in [0.1, 0.15) is 83.6 Å². The summed E-state index contributed by atoms with van der Waals surface area (Å²) < 4.78 is 12.1. The Kier molecular flexibility index (Phi) is 9.01. The lowest BCUT2D eigenvalue weighted by Gasteiger charge is -2.08. The fraction of sp³-hybridized carbons (Fsp3) is 0.452. The average molecular weight is 458 g/mol. The molecule has 1 heterocycles. The summed E-state index contributed by atoms with van der Waals surface area (Å²) in [6, 6.07) is 19.1. The fourth-order valence-corrected chi connectivity index (χ4v) is 4.53. The summed E-state index contributed by atoms with van der Waals surface area (Å²) in [4.78, 5) is 4.80. The number of unbranched alkanes of at least 4 members (excludes halogenated alkanes) is 8. The van der Waals surface area contributed by atoms with Gasteiger partial charge in [-0.05, 0) is 72.0 Å². The van der Waals surface area contributed by atoms with E-state index >= 15 is 0 Å². The lowest BCUT2D eigenvalue weighted by molar-refractivity contribution is 0.305. The summed E-state index contributed by atoms with van der Waals surface area (Å²) in [6.45, 7) is 5.30. The highest BCUT2D eigenvalue weighted by Crippen LogP contribution is 2.29. The monoisotopic (exact) mass is 457 g/mol. The molecular weight excluding hydrogens is 418 g/mol. The first-order valence-corrected chi connectivity index (χ1v) is 13.3. The van der Waals surface area contributed by atoms with Gasteiger partial charge < -0.3 is 9.15 Å². The zero-order valence-electron chi connectivity index (χ0n) is 20.9. The van der Waals surface area contributed by atoms with Gasteiger partial charge in [-0.3, -0.25) is 0 Å². The molecule has 3 aromatic carbocycles. The molecule has 0 atom stereocenters. The molecule has 0 N–H and O–H groups in total. The second-order valence-electron chi connectivity index (χ2n) is 9.47. The number of aromatic nitrogens is 1. The van der Waals surface area contributed by atoms with Gasteiger partial charge in [-0.2, -0.15) is 0 Å². The van der Waals surface area contributed by atoms with E-state index in [1.165, 1.54) is 74.1 Å². The number of fused-ring (bicyclic) bond motifs is 2. The predicted molar refractivity (Wildman–Crippen MR) is 144 cm³/mol.